The fraction of sp³-hybridized carbons (Fsp3) is 0.588. The zero-order valence-electron chi connectivity index (χ0n) is 12.6. The number of rotatable bonds is 4. The molecule has 4 heteroatoms. The monoisotopic (exact) mass is 307 g/mol. The van der Waals surface area contributed by atoms with E-state index >= 15 is 0 Å². The van der Waals surface area contributed by atoms with Gasteiger partial charge in [-0.1, -0.05) is 11.6 Å². The summed E-state index contributed by atoms with van der Waals surface area (Å²) in [7, 11) is 3.83. The molecule has 2 atom stereocenters. The lowest BCUT2D eigenvalue weighted by molar-refractivity contribution is -0.124. The second kappa shape index (κ2) is 5.98. The Morgan fingerprint density at radius 3 is 2.62 bits per heavy atom. The Bertz CT molecular complexity index is 532. The molecule has 21 heavy (non-hydrogen) atoms. The first-order chi connectivity index (χ1) is 10.1. The Morgan fingerprint density at radius 2 is 2.00 bits per heavy atom. The highest BCUT2D eigenvalue weighted by Gasteiger charge is 2.40. The van der Waals surface area contributed by atoms with Crippen LogP contribution in [0.4, 0.5) is 0 Å². The minimum atomic E-state index is 0.197. The summed E-state index contributed by atoms with van der Waals surface area (Å²) < 4.78 is 5.34. The number of Topliss-reactive ketones (excluding diaryl/α,β-unsaturated/α-hetero) is 1. The summed E-state index contributed by atoms with van der Waals surface area (Å²) in [5.74, 6) is 1.28. The van der Waals surface area contributed by atoms with Crippen molar-refractivity contribution in [1.82, 2.24) is 4.90 Å². The van der Waals surface area contributed by atoms with Crippen molar-refractivity contribution >= 4 is 17.4 Å². The van der Waals surface area contributed by atoms with Crippen molar-refractivity contribution in [2.45, 2.75) is 44.2 Å². The number of methoxy groups -OCH3 is 1. The number of carbonyl (C=O) groups is 1. The maximum absolute atomic E-state index is 12.7. The van der Waals surface area contributed by atoms with E-state index in [1.54, 1.807) is 13.2 Å². The molecule has 0 aliphatic carbocycles. The van der Waals surface area contributed by atoms with Gasteiger partial charge in [0.15, 0.2) is 0 Å². The van der Waals surface area contributed by atoms with E-state index in [2.05, 4.69) is 11.9 Å². The van der Waals surface area contributed by atoms with Crippen LogP contribution in [0.15, 0.2) is 18.2 Å². The molecular weight excluding hydrogens is 286 g/mol. The normalized spacial score (nSPS) is 28.6. The molecule has 3 rings (SSSR count). The molecule has 0 radical (unpaired) electrons. The van der Waals surface area contributed by atoms with Crippen LogP contribution in [0.25, 0.3) is 0 Å². The number of benzene rings is 1. The summed E-state index contributed by atoms with van der Waals surface area (Å²) in [5.41, 5.74) is 0.904. The third kappa shape index (κ3) is 2.95. The SMILES string of the molecule is COc1ccc(Cl)cc1CC(=O)C1CC2CCC(C1)N2C. The van der Waals surface area contributed by atoms with E-state index in [0.717, 1.165) is 24.2 Å². The molecule has 2 fully saturated rings. The fourth-order valence-corrected chi connectivity index (χ4v) is 4.09. The summed E-state index contributed by atoms with van der Waals surface area (Å²) >= 11 is 6.04. The van der Waals surface area contributed by atoms with Crippen LogP contribution in [0, 0.1) is 5.92 Å². The maximum Gasteiger partial charge on any atom is 0.140 e. The smallest absolute Gasteiger partial charge is 0.140 e. The Labute approximate surface area is 131 Å². The van der Waals surface area contributed by atoms with Gasteiger partial charge in [-0.3, -0.25) is 4.79 Å². The van der Waals surface area contributed by atoms with Crippen molar-refractivity contribution in [3.05, 3.63) is 28.8 Å². The van der Waals surface area contributed by atoms with E-state index in [0.29, 0.717) is 29.3 Å². The van der Waals surface area contributed by atoms with Gasteiger partial charge in [-0.15, -0.1) is 0 Å². The van der Waals surface area contributed by atoms with Crippen molar-refractivity contribution < 1.29 is 9.53 Å². The third-order valence-electron chi connectivity index (χ3n) is 5.16. The van der Waals surface area contributed by atoms with Crippen LogP contribution >= 0.6 is 11.6 Å². The van der Waals surface area contributed by atoms with Crippen LogP contribution in [0.5, 0.6) is 5.75 Å². The highest BCUT2D eigenvalue weighted by atomic mass is 35.5. The Balaban J connectivity index is 1.71. The third-order valence-corrected chi connectivity index (χ3v) is 5.40. The number of hydrogen-bond acceptors (Lipinski definition) is 3. The lowest BCUT2D eigenvalue weighted by atomic mass is 9.85. The predicted molar refractivity (Wildman–Crippen MR) is 84.0 cm³/mol. The molecule has 2 heterocycles. The van der Waals surface area contributed by atoms with Gasteiger partial charge in [0.25, 0.3) is 0 Å². The zero-order chi connectivity index (χ0) is 15.0. The maximum atomic E-state index is 12.7. The highest BCUT2D eigenvalue weighted by Crippen LogP contribution is 2.38. The summed E-state index contributed by atoms with van der Waals surface area (Å²) in [5, 5.41) is 0.655. The molecule has 2 unspecified atom stereocenters. The number of nitrogens with zero attached hydrogens (tertiary/aromatic N) is 1. The van der Waals surface area contributed by atoms with Crippen molar-refractivity contribution in [2.24, 2.45) is 5.92 Å². The van der Waals surface area contributed by atoms with E-state index in [-0.39, 0.29) is 5.92 Å². The summed E-state index contributed by atoms with van der Waals surface area (Å²) in [6.45, 7) is 0. The molecule has 2 bridgehead atoms. The van der Waals surface area contributed by atoms with E-state index in [9.17, 15) is 4.79 Å². The molecule has 2 saturated heterocycles. The average Bonchev–Trinajstić information content (AvgIpc) is 2.69. The zero-order valence-corrected chi connectivity index (χ0v) is 13.4. The van der Waals surface area contributed by atoms with E-state index < -0.39 is 0 Å². The predicted octanol–water partition coefficient (Wildman–Crippen LogP) is 3.33. The number of ketones is 1. The number of hydrogen-bond donors (Lipinski definition) is 0. The van der Waals surface area contributed by atoms with Crippen molar-refractivity contribution in [3.8, 4) is 5.75 Å². The molecular formula is C17H22ClNO2. The van der Waals surface area contributed by atoms with Gasteiger partial charge in [0.05, 0.1) is 7.11 Å². The minimum absolute atomic E-state index is 0.197. The van der Waals surface area contributed by atoms with Crippen LogP contribution in [0.1, 0.15) is 31.2 Å². The van der Waals surface area contributed by atoms with E-state index in [4.69, 9.17) is 16.3 Å². The number of halogens is 1. The Kier molecular flexibility index (Phi) is 4.23. The lowest BCUT2D eigenvalue weighted by Crippen LogP contribution is -2.42. The molecule has 1 aromatic rings. The van der Waals surface area contributed by atoms with Gasteiger partial charge in [0.2, 0.25) is 0 Å². The Hall–Kier alpha value is -1.06. The molecule has 2 aliphatic heterocycles. The highest BCUT2D eigenvalue weighted by molar-refractivity contribution is 6.30. The lowest BCUT2D eigenvalue weighted by Gasteiger charge is -2.35. The van der Waals surface area contributed by atoms with Crippen molar-refractivity contribution in [3.63, 3.8) is 0 Å². The summed E-state index contributed by atoms with van der Waals surface area (Å²) in [4.78, 5) is 15.1. The molecule has 114 valence electrons. The summed E-state index contributed by atoms with van der Waals surface area (Å²) in [6.07, 6.45) is 4.93. The molecule has 0 amide bonds. The van der Waals surface area contributed by atoms with Gasteiger partial charge < -0.3 is 9.64 Å². The molecule has 0 saturated carbocycles. The topological polar surface area (TPSA) is 29.5 Å². The molecule has 0 N–H and O–H groups in total. The second-order valence-electron chi connectivity index (χ2n) is 6.32. The first kappa shape index (κ1) is 14.9. The first-order valence-electron chi connectivity index (χ1n) is 7.65. The first-order valence-corrected chi connectivity index (χ1v) is 8.03. The fourth-order valence-electron chi connectivity index (χ4n) is 3.89. The van der Waals surface area contributed by atoms with Crippen LogP contribution < -0.4 is 4.74 Å². The molecule has 3 nitrogen and oxygen atoms in total. The van der Waals surface area contributed by atoms with Gasteiger partial charge >= 0.3 is 0 Å². The van der Waals surface area contributed by atoms with Crippen LogP contribution in [-0.4, -0.2) is 36.9 Å². The molecule has 0 aromatic heterocycles. The van der Waals surface area contributed by atoms with Gasteiger partial charge in [-0.05, 0) is 50.9 Å². The number of fused-ring (bicyclic) bond motifs is 2. The Morgan fingerprint density at radius 1 is 1.33 bits per heavy atom. The second-order valence-corrected chi connectivity index (χ2v) is 6.75. The molecule has 0 spiro atoms. The largest absolute Gasteiger partial charge is 0.496 e. The van der Waals surface area contributed by atoms with Crippen LogP contribution in [0.3, 0.4) is 0 Å². The number of ether oxygens (including phenoxy) is 1. The van der Waals surface area contributed by atoms with Crippen LogP contribution in [0.2, 0.25) is 5.02 Å². The molecule has 1 aromatic carbocycles. The van der Waals surface area contributed by atoms with Gasteiger partial charge in [-0.25, -0.2) is 0 Å². The quantitative estimate of drug-likeness (QED) is 0.854. The standard InChI is InChI=1S/C17H22ClNO2/c1-19-14-4-5-15(19)9-11(8-14)16(20)10-12-7-13(18)3-6-17(12)21-2/h3,6-7,11,14-15H,4-5,8-10H2,1-2H3. The molecule has 2 aliphatic rings. The van der Waals surface area contributed by atoms with Gasteiger partial charge in [0, 0.05) is 35.0 Å². The van der Waals surface area contributed by atoms with Gasteiger partial charge in [0.1, 0.15) is 11.5 Å². The van der Waals surface area contributed by atoms with Gasteiger partial charge in [-0.2, -0.15) is 0 Å². The average molecular weight is 308 g/mol. The van der Waals surface area contributed by atoms with Crippen molar-refractivity contribution in [2.75, 3.05) is 14.2 Å². The number of piperidine rings is 1. The number of carbonyl (C=O) groups excluding carboxylic acids is 1. The minimum Gasteiger partial charge on any atom is -0.496 e. The van der Waals surface area contributed by atoms with Crippen LogP contribution in [-0.2, 0) is 11.2 Å². The van der Waals surface area contributed by atoms with E-state index in [1.165, 1.54) is 12.8 Å². The van der Waals surface area contributed by atoms with Crippen molar-refractivity contribution in [1.29, 1.82) is 0 Å². The summed E-state index contributed by atoms with van der Waals surface area (Å²) in [6, 6.07) is 6.67. The van der Waals surface area contributed by atoms with E-state index in [1.807, 2.05) is 12.1 Å².